The Kier molecular flexibility index (Phi) is 4.38. The van der Waals surface area contributed by atoms with Crippen molar-refractivity contribution in [3.8, 4) is 5.75 Å². The first kappa shape index (κ1) is 12.1. The molecule has 88 valence electrons. The van der Waals surface area contributed by atoms with Gasteiger partial charge in [-0.25, -0.2) is 0 Å². The second-order valence-electron chi connectivity index (χ2n) is 3.78. The molecular weight excluding hydrogens is 242 g/mol. The maximum absolute atomic E-state index is 5.67. The number of thioether (sulfide) groups is 1. The van der Waals surface area contributed by atoms with E-state index in [1.165, 1.54) is 11.1 Å². The van der Waals surface area contributed by atoms with Crippen LogP contribution in [-0.2, 0) is 0 Å². The molecule has 0 saturated carbocycles. The van der Waals surface area contributed by atoms with Crippen LogP contribution < -0.4 is 10.1 Å². The molecule has 0 radical (unpaired) electrons. The monoisotopic (exact) mass is 257 g/mol. The summed E-state index contributed by atoms with van der Waals surface area (Å²) < 4.78 is 5.67. The summed E-state index contributed by atoms with van der Waals surface area (Å²) in [7, 11) is 0. The highest BCUT2D eigenvalue weighted by Crippen LogP contribution is 2.36. The number of hydrogen-bond donors (Lipinski definition) is 1. The Morgan fingerprint density at radius 1 is 1.56 bits per heavy atom. The van der Waals surface area contributed by atoms with Crippen molar-refractivity contribution >= 4 is 23.4 Å². The molecule has 1 aromatic rings. The van der Waals surface area contributed by atoms with Gasteiger partial charge in [-0.15, -0.1) is 23.4 Å². The standard InChI is InChI=1S/C12H16ClNOS/c1-9-2-3-11(15-6-4-13)10(8-9)12-14-5-7-16-12/h2-3,8,12,14H,4-7H2,1H3. The predicted octanol–water partition coefficient (Wildman–Crippen LogP) is 2.95. The van der Waals surface area contributed by atoms with E-state index >= 15 is 0 Å². The van der Waals surface area contributed by atoms with E-state index in [-0.39, 0.29) is 0 Å². The maximum atomic E-state index is 5.67. The number of hydrogen-bond acceptors (Lipinski definition) is 3. The van der Waals surface area contributed by atoms with Crippen LogP contribution in [-0.4, -0.2) is 24.8 Å². The van der Waals surface area contributed by atoms with Gasteiger partial charge in [0.15, 0.2) is 0 Å². The summed E-state index contributed by atoms with van der Waals surface area (Å²) in [6, 6.07) is 6.31. The van der Waals surface area contributed by atoms with Gasteiger partial charge in [0.1, 0.15) is 12.4 Å². The number of aryl methyl sites for hydroxylation is 1. The lowest BCUT2D eigenvalue weighted by Crippen LogP contribution is -2.14. The molecule has 1 unspecified atom stereocenters. The fraction of sp³-hybridized carbons (Fsp3) is 0.500. The van der Waals surface area contributed by atoms with Crippen molar-refractivity contribution in [3.63, 3.8) is 0 Å². The van der Waals surface area contributed by atoms with Crippen LogP contribution in [0.3, 0.4) is 0 Å². The molecule has 2 rings (SSSR count). The number of alkyl halides is 1. The summed E-state index contributed by atoms with van der Waals surface area (Å²) in [5.74, 6) is 2.64. The number of nitrogens with one attached hydrogen (secondary N) is 1. The molecule has 2 nitrogen and oxygen atoms in total. The molecule has 1 atom stereocenters. The lowest BCUT2D eigenvalue weighted by Gasteiger charge is -2.16. The molecule has 0 bridgehead atoms. The summed E-state index contributed by atoms with van der Waals surface area (Å²) >= 11 is 7.58. The van der Waals surface area contributed by atoms with Crippen molar-refractivity contribution in [2.45, 2.75) is 12.3 Å². The zero-order chi connectivity index (χ0) is 11.4. The number of halogens is 1. The molecule has 1 fully saturated rings. The van der Waals surface area contributed by atoms with Crippen LogP contribution in [0.4, 0.5) is 0 Å². The van der Waals surface area contributed by atoms with Crippen molar-refractivity contribution in [3.05, 3.63) is 29.3 Å². The predicted molar refractivity (Wildman–Crippen MR) is 70.6 cm³/mol. The van der Waals surface area contributed by atoms with Crippen molar-refractivity contribution in [1.82, 2.24) is 5.32 Å². The van der Waals surface area contributed by atoms with Gasteiger partial charge in [-0.3, -0.25) is 0 Å². The second kappa shape index (κ2) is 5.80. The highest BCUT2D eigenvalue weighted by molar-refractivity contribution is 7.99. The van der Waals surface area contributed by atoms with E-state index < -0.39 is 0 Å². The minimum absolute atomic E-state index is 0.366. The van der Waals surface area contributed by atoms with E-state index in [9.17, 15) is 0 Å². The Hall–Kier alpha value is -0.380. The van der Waals surface area contributed by atoms with E-state index in [2.05, 4.69) is 24.4 Å². The van der Waals surface area contributed by atoms with Crippen LogP contribution in [0, 0.1) is 6.92 Å². The molecule has 0 amide bonds. The minimum Gasteiger partial charge on any atom is -0.492 e. The molecule has 0 aromatic heterocycles. The summed E-state index contributed by atoms with van der Waals surface area (Å²) in [6.07, 6.45) is 0. The molecule has 1 saturated heterocycles. The van der Waals surface area contributed by atoms with Crippen molar-refractivity contribution in [1.29, 1.82) is 0 Å². The third kappa shape index (κ3) is 2.84. The van der Waals surface area contributed by atoms with E-state index in [4.69, 9.17) is 16.3 Å². The largest absolute Gasteiger partial charge is 0.492 e. The Morgan fingerprint density at radius 3 is 3.12 bits per heavy atom. The molecule has 4 heteroatoms. The fourth-order valence-electron chi connectivity index (χ4n) is 1.78. The Labute approximate surface area is 106 Å². The van der Waals surface area contributed by atoms with Gasteiger partial charge in [-0.2, -0.15) is 0 Å². The van der Waals surface area contributed by atoms with Gasteiger partial charge < -0.3 is 10.1 Å². The highest BCUT2D eigenvalue weighted by Gasteiger charge is 2.20. The topological polar surface area (TPSA) is 21.3 Å². The van der Waals surface area contributed by atoms with Crippen molar-refractivity contribution in [2.75, 3.05) is 24.8 Å². The Bertz CT molecular complexity index is 353. The minimum atomic E-state index is 0.366. The summed E-state index contributed by atoms with van der Waals surface area (Å²) in [5.41, 5.74) is 2.51. The number of ether oxygens (including phenoxy) is 1. The molecule has 1 N–H and O–H groups in total. The molecule has 1 aliphatic rings. The average molecular weight is 258 g/mol. The van der Waals surface area contributed by atoms with Crippen molar-refractivity contribution < 1.29 is 4.74 Å². The highest BCUT2D eigenvalue weighted by atomic mass is 35.5. The molecule has 1 heterocycles. The maximum Gasteiger partial charge on any atom is 0.125 e. The van der Waals surface area contributed by atoms with Gasteiger partial charge in [-0.1, -0.05) is 11.6 Å². The van der Waals surface area contributed by atoms with Crippen LogP contribution in [0.5, 0.6) is 5.75 Å². The number of rotatable bonds is 4. The lowest BCUT2D eigenvalue weighted by molar-refractivity contribution is 0.338. The number of benzene rings is 1. The zero-order valence-electron chi connectivity index (χ0n) is 9.33. The van der Waals surface area contributed by atoms with Gasteiger partial charge in [-0.05, 0) is 19.1 Å². The molecular formula is C12H16ClNOS. The SMILES string of the molecule is Cc1ccc(OCCCl)c(C2NCCS2)c1. The van der Waals surface area contributed by atoms with Crippen LogP contribution in [0.25, 0.3) is 0 Å². The smallest absolute Gasteiger partial charge is 0.125 e. The van der Waals surface area contributed by atoms with Crippen molar-refractivity contribution in [2.24, 2.45) is 0 Å². The van der Waals surface area contributed by atoms with E-state index in [1.54, 1.807) is 0 Å². The van der Waals surface area contributed by atoms with Gasteiger partial charge in [0, 0.05) is 17.9 Å². The quantitative estimate of drug-likeness (QED) is 0.838. The van der Waals surface area contributed by atoms with Crippen LogP contribution in [0.15, 0.2) is 18.2 Å². The van der Waals surface area contributed by atoms with E-state index in [0.29, 0.717) is 17.9 Å². The van der Waals surface area contributed by atoms with E-state index in [1.807, 2.05) is 17.8 Å². The van der Waals surface area contributed by atoms with E-state index in [0.717, 1.165) is 18.0 Å². The second-order valence-corrected chi connectivity index (χ2v) is 5.37. The molecule has 0 spiro atoms. The average Bonchev–Trinajstić information content (AvgIpc) is 2.80. The van der Waals surface area contributed by atoms with Gasteiger partial charge in [0.25, 0.3) is 0 Å². The first-order valence-electron chi connectivity index (χ1n) is 5.45. The molecule has 0 aliphatic carbocycles. The fourth-order valence-corrected chi connectivity index (χ4v) is 2.93. The lowest BCUT2D eigenvalue weighted by atomic mass is 10.1. The molecule has 1 aromatic carbocycles. The molecule has 1 aliphatic heterocycles. The van der Waals surface area contributed by atoms with Crippen LogP contribution >= 0.6 is 23.4 Å². The summed E-state index contributed by atoms with van der Waals surface area (Å²) in [5, 5.41) is 3.83. The summed E-state index contributed by atoms with van der Waals surface area (Å²) in [4.78, 5) is 0. The first-order valence-corrected chi connectivity index (χ1v) is 7.04. The Morgan fingerprint density at radius 2 is 2.44 bits per heavy atom. The zero-order valence-corrected chi connectivity index (χ0v) is 10.9. The third-order valence-electron chi connectivity index (χ3n) is 2.50. The normalized spacial score (nSPS) is 20.0. The first-order chi connectivity index (χ1) is 7.81. The summed E-state index contributed by atoms with van der Waals surface area (Å²) in [6.45, 7) is 3.74. The Balaban J connectivity index is 2.21. The van der Waals surface area contributed by atoms with Crippen LogP contribution in [0.2, 0.25) is 0 Å². The molecule has 16 heavy (non-hydrogen) atoms. The van der Waals surface area contributed by atoms with Crippen LogP contribution in [0.1, 0.15) is 16.5 Å². The van der Waals surface area contributed by atoms with Gasteiger partial charge >= 0.3 is 0 Å². The van der Waals surface area contributed by atoms with Gasteiger partial charge in [0.05, 0.1) is 11.3 Å². The van der Waals surface area contributed by atoms with Gasteiger partial charge in [0.2, 0.25) is 0 Å². The third-order valence-corrected chi connectivity index (χ3v) is 3.85.